The third-order valence-corrected chi connectivity index (χ3v) is 9.90. The van der Waals surface area contributed by atoms with Crippen LogP contribution < -0.4 is 5.73 Å². The van der Waals surface area contributed by atoms with Crippen LogP contribution in [0.4, 0.5) is 0 Å². The fourth-order valence-electron chi connectivity index (χ4n) is 6.53. The molecule has 4 heteroatoms. The number of unbranched alkanes of at least 4 members (excludes halogenated alkanes) is 19. The molecular weight excluding hydrogens is 588 g/mol. The summed E-state index contributed by atoms with van der Waals surface area (Å²) in [7, 11) is 0. The van der Waals surface area contributed by atoms with Crippen LogP contribution in [0.25, 0.3) is 0 Å². The van der Waals surface area contributed by atoms with Crippen LogP contribution >= 0.6 is 0 Å². The number of nitriles is 1. The van der Waals surface area contributed by atoms with Crippen LogP contribution in [-0.2, 0) is 9.53 Å². The molecule has 1 aliphatic rings. The van der Waals surface area contributed by atoms with Crippen molar-refractivity contribution in [3.05, 3.63) is 30.0 Å². The van der Waals surface area contributed by atoms with E-state index in [0.717, 1.165) is 51.0 Å². The number of carbonyl (C=O) groups is 1. The molecule has 0 saturated heterocycles. The molecule has 278 valence electrons. The summed E-state index contributed by atoms with van der Waals surface area (Å²) < 4.78 is 6.10. The highest BCUT2D eigenvalue weighted by atomic mass is 16.5. The first-order valence-corrected chi connectivity index (χ1v) is 20.8. The average Bonchev–Trinajstić information content (AvgIpc) is 3.07. The topological polar surface area (TPSA) is 76.1 Å². The third-order valence-electron chi connectivity index (χ3n) is 9.90. The highest BCUT2D eigenvalue weighted by molar-refractivity contribution is 5.73. The van der Waals surface area contributed by atoms with E-state index in [4.69, 9.17) is 10.5 Å². The molecule has 0 aliphatic heterocycles. The van der Waals surface area contributed by atoms with Crippen LogP contribution in [0.2, 0.25) is 0 Å². The number of ether oxygens (including phenoxy) is 1. The highest BCUT2D eigenvalue weighted by Gasteiger charge is 2.29. The van der Waals surface area contributed by atoms with Crippen molar-refractivity contribution in [3.8, 4) is 6.07 Å². The summed E-state index contributed by atoms with van der Waals surface area (Å²) >= 11 is 0. The van der Waals surface area contributed by atoms with Gasteiger partial charge in [0.1, 0.15) is 0 Å². The number of allylic oxidation sites excluding steroid dienone is 3. The summed E-state index contributed by atoms with van der Waals surface area (Å²) in [5.74, 6) is 1.38. The molecule has 1 saturated carbocycles. The molecule has 0 bridgehead atoms. The maximum Gasteiger partial charge on any atom is 0.217 e. The molecule has 0 spiro atoms. The average molecular weight is 669 g/mol. The number of primary amides is 1. The normalized spacial score (nSPS) is 18.0. The van der Waals surface area contributed by atoms with Crippen LogP contribution in [0.1, 0.15) is 207 Å². The van der Waals surface area contributed by atoms with Gasteiger partial charge in [0.15, 0.2) is 0 Å². The zero-order chi connectivity index (χ0) is 35.3. The van der Waals surface area contributed by atoms with E-state index in [2.05, 4.69) is 57.7 Å². The van der Waals surface area contributed by atoms with E-state index in [1.807, 2.05) is 6.08 Å². The molecule has 0 aromatic rings. The summed E-state index contributed by atoms with van der Waals surface area (Å²) in [5.41, 5.74) is 8.26. The fraction of sp³-hybridized carbons (Fsp3) is 0.841. The van der Waals surface area contributed by atoms with Gasteiger partial charge in [-0.3, -0.25) is 4.79 Å². The molecule has 0 radical (unpaired) electrons. The predicted molar refractivity (Wildman–Crippen MR) is 209 cm³/mol. The van der Waals surface area contributed by atoms with Gasteiger partial charge in [0.2, 0.25) is 5.91 Å². The lowest BCUT2D eigenvalue weighted by atomic mass is 9.81. The maximum absolute atomic E-state index is 10.5. The van der Waals surface area contributed by atoms with Crippen LogP contribution in [0.15, 0.2) is 30.0 Å². The molecule has 4 nitrogen and oxygen atoms in total. The zero-order valence-electron chi connectivity index (χ0n) is 32.5. The molecular formula is C44H80N2O2. The smallest absolute Gasteiger partial charge is 0.217 e. The van der Waals surface area contributed by atoms with Crippen LogP contribution in [0, 0.1) is 29.1 Å². The Kier molecular flexibility index (Phi) is 35.1. The van der Waals surface area contributed by atoms with Crippen molar-refractivity contribution in [2.24, 2.45) is 23.5 Å². The van der Waals surface area contributed by atoms with Gasteiger partial charge in [-0.15, -0.1) is 5.73 Å². The number of hydrogen-bond acceptors (Lipinski definition) is 3. The van der Waals surface area contributed by atoms with Crippen molar-refractivity contribution in [3.63, 3.8) is 0 Å². The number of amides is 1. The van der Waals surface area contributed by atoms with Crippen LogP contribution in [0.3, 0.4) is 0 Å². The van der Waals surface area contributed by atoms with E-state index < -0.39 is 0 Å². The van der Waals surface area contributed by atoms with Crippen molar-refractivity contribution in [2.75, 3.05) is 6.61 Å². The van der Waals surface area contributed by atoms with Crippen LogP contribution in [0.5, 0.6) is 0 Å². The lowest BCUT2D eigenvalue weighted by molar-refractivity contribution is -0.118. The Morgan fingerprint density at radius 1 is 0.792 bits per heavy atom. The summed E-state index contributed by atoms with van der Waals surface area (Å²) in [6.45, 7) is 9.97. The summed E-state index contributed by atoms with van der Waals surface area (Å²) in [4.78, 5) is 10.5. The van der Waals surface area contributed by atoms with E-state index in [0.29, 0.717) is 12.3 Å². The third kappa shape index (κ3) is 32.7. The number of hydrogen-bond donors (Lipinski definition) is 1. The minimum absolute atomic E-state index is 0.120. The Morgan fingerprint density at radius 3 is 1.98 bits per heavy atom. The lowest BCUT2D eigenvalue weighted by Gasteiger charge is -2.31. The Morgan fingerprint density at radius 2 is 1.38 bits per heavy atom. The minimum Gasteiger partial charge on any atom is -0.377 e. The Labute approximate surface area is 299 Å². The van der Waals surface area contributed by atoms with Gasteiger partial charge in [0.25, 0.3) is 0 Å². The number of nitrogens with zero attached hydrogens (tertiary/aromatic N) is 1. The quantitative estimate of drug-likeness (QED) is 0.0470. The molecule has 1 rings (SSSR count). The van der Waals surface area contributed by atoms with E-state index in [1.165, 1.54) is 135 Å². The number of nitrogens with two attached hydrogens (primary N) is 1. The molecule has 4 atom stereocenters. The second kappa shape index (κ2) is 36.5. The SMILES string of the molecule is CCCC/C=C/C=C=CCCCCCCCC(N)=O.CCCCCCCCCCCCCCCC(C)CCOC1CCC(C)CC1C#N. The van der Waals surface area contributed by atoms with Gasteiger partial charge in [0, 0.05) is 13.0 Å². The molecule has 0 heterocycles. The standard InChI is InChI=1S/C27H51NO.C17H29NO/c1-4-5-6-7-8-9-10-11-12-13-14-15-16-17-24(2)20-21-29-27-19-18-25(3)22-26(27)23-28;1-2-3-4-5-6-7-8-9-10-11-12-13-14-15-16-17(18)19/h24-27H,4-22H2,1-3H3;5-7,9H,2-4,10-16H2,1H3,(H2,18,19)/b;6-5+. The lowest BCUT2D eigenvalue weighted by Crippen LogP contribution is -2.30. The summed E-state index contributed by atoms with van der Waals surface area (Å²) in [6, 6.07) is 2.48. The van der Waals surface area contributed by atoms with Gasteiger partial charge in [-0.05, 0) is 75.4 Å². The Balaban J connectivity index is 0.00000101. The maximum atomic E-state index is 10.5. The first-order valence-electron chi connectivity index (χ1n) is 20.8. The van der Waals surface area contributed by atoms with Gasteiger partial charge >= 0.3 is 0 Å². The second-order valence-corrected chi connectivity index (χ2v) is 14.9. The molecule has 1 aliphatic carbocycles. The molecule has 4 unspecified atom stereocenters. The summed E-state index contributed by atoms with van der Waals surface area (Å²) in [6.07, 6.45) is 43.9. The fourth-order valence-corrected chi connectivity index (χ4v) is 6.53. The first-order chi connectivity index (χ1) is 23.4. The van der Waals surface area contributed by atoms with Crippen molar-refractivity contribution in [2.45, 2.75) is 214 Å². The van der Waals surface area contributed by atoms with Gasteiger partial charge < -0.3 is 10.5 Å². The molecule has 48 heavy (non-hydrogen) atoms. The Hall–Kier alpha value is -1.82. The van der Waals surface area contributed by atoms with Crippen LogP contribution in [-0.4, -0.2) is 18.6 Å². The van der Waals surface area contributed by atoms with E-state index >= 15 is 0 Å². The first kappa shape index (κ1) is 46.2. The van der Waals surface area contributed by atoms with E-state index in [-0.39, 0.29) is 17.9 Å². The number of rotatable bonds is 30. The second-order valence-electron chi connectivity index (χ2n) is 14.9. The Bertz CT molecular complexity index is 837. The van der Waals surface area contributed by atoms with Crippen molar-refractivity contribution >= 4 is 5.91 Å². The minimum atomic E-state index is -0.180. The highest BCUT2D eigenvalue weighted by Crippen LogP contribution is 2.31. The molecule has 1 amide bonds. The van der Waals surface area contributed by atoms with Gasteiger partial charge in [-0.2, -0.15) is 5.26 Å². The van der Waals surface area contributed by atoms with Gasteiger partial charge in [-0.1, -0.05) is 162 Å². The van der Waals surface area contributed by atoms with E-state index in [1.54, 1.807) is 0 Å². The molecule has 0 aromatic carbocycles. The predicted octanol–water partition coefficient (Wildman–Crippen LogP) is 13.5. The molecule has 2 N–H and O–H groups in total. The van der Waals surface area contributed by atoms with Crippen molar-refractivity contribution in [1.82, 2.24) is 0 Å². The zero-order valence-corrected chi connectivity index (χ0v) is 32.5. The number of carbonyl (C=O) groups excluding carboxylic acids is 1. The summed E-state index contributed by atoms with van der Waals surface area (Å²) in [5, 5.41) is 9.34. The largest absolute Gasteiger partial charge is 0.377 e. The van der Waals surface area contributed by atoms with Crippen molar-refractivity contribution < 1.29 is 9.53 Å². The monoisotopic (exact) mass is 669 g/mol. The van der Waals surface area contributed by atoms with E-state index in [9.17, 15) is 10.1 Å². The van der Waals surface area contributed by atoms with Gasteiger partial charge in [0.05, 0.1) is 18.1 Å². The molecule has 1 fully saturated rings. The van der Waals surface area contributed by atoms with Crippen molar-refractivity contribution in [1.29, 1.82) is 5.26 Å². The van der Waals surface area contributed by atoms with Gasteiger partial charge in [-0.25, -0.2) is 0 Å². The molecule has 0 aromatic heterocycles.